The molecule has 5 nitrogen and oxygen atoms in total. The Balaban J connectivity index is 2.81. The molecule has 1 aromatic carbocycles. The quantitative estimate of drug-likeness (QED) is 0.729. The SMILES string of the molecule is CCC(C)NC(=O)c1ccccc1NC(=S)NC(=O)C(C)C. The van der Waals surface area contributed by atoms with E-state index in [1.165, 1.54) is 0 Å². The molecule has 0 aliphatic heterocycles. The van der Waals surface area contributed by atoms with Gasteiger partial charge in [0.2, 0.25) is 5.91 Å². The van der Waals surface area contributed by atoms with Crippen LogP contribution >= 0.6 is 12.2 Å². The van der Waals surface area contributed by atoms with Gasteiger partial charge in [-0.15, -0.1) is 0 Å². The molecule has 0 aromatic heterocycles. The Morgan fingerprint density at radius 2 is 1.82 bits per heavy atom. The molecule has 1 atom stereocenters. The number of carbonyl (C=O) groups is 2. The maximum Gasteiger partial charge on any atom is 0.253 e. The van der Waals surface area contributed by atoms with Crippen LogP contribution in [0.4, 0.5) is 5.69 Å². The summed E-state index contributed by atoms with van der Waals surface area (Å²) in [6, 6.07) is 7.14. The van der Waals surface area contributed by atoms with Crippen LogP contribution in [0.1, 0.15) is 44.5 Å². The lowest BCUT2D eigenvalue weighted by atomic mass is 10.1. The van der Waals surface area contributed by atoms with E-state index >= 15 is 0 Å². The smallest absolute Gasteiger partial charge is 0.253 e. The monoisotopic (exact) mass is 321 g/mol. The largest absolute Gasteiger partial charge is 0.350 e. The number of carbonyl (C=O) groups excluding carboxylic acids is 2. The van der Waals surface area contributed by atoms with Crippen molar-refractivity contribution in [1.29, 1.82) is 0 Å². The van der Waals surface area contributed by atoms with Crippen LogP contribution in [-0.2, 0) is 4.79 Å². The molecule has 6 heteroatoms. The molecular formula is C16H23N3O2S. The molecule has 0 radical (unpaired) electrons. The lowest BCUT2D eigenvalue weighted by Crippen LogP contribution is -2.37. The minimum atomic E-state index is -0.171. The summed E-state index contributed by atoms with van der Waals surface area (Å²) in [6.07, 6.45) is 0.851. The molecule has 0 fully saturated rings. The normalized spacial score (nSPS) is 11.7. The molecule has 1 unspecified atom stereocenters. The first kappa shape index (κ1) is 18.1. The molecule has 1 aromatic rings. The standard InChI is InChI=1S/C16H23N3O2S/c1-5-11(4)17-15(21)12-8-6-7-9-13(12)18-16(22)19-14(20)10(2)3/h6-11H,5H2,1-4H3,(H,17,21)(H2,18,19,20,22). The second-order valence-corrected chi connectivity index (χ2v) is 5.83. The zero-order valence-electron chi connectivity index (χ0n) is 13.4. The summed E-state index contributed by atoms with van der Waals surface area (Å²) < 4.78 is 0. The van der Waals surface area contributed by atoms with E-state index in [0.717, 1.165) is 6.42 Å². The van der Waals surface area contributed by atoms with E-state index in [9.17, 15) is 9.59 Å². The van der Waals surface area contributed by atoms with Crippen molar-refractivity contribution in [1.82, 2.24) is 10.6 Å². The highest BCUT2D eigenvalue weighted by Gasteiger charge is 2.15. The number of amides is 2. The van der Waals surface area contributed by atoms with Crippen molar-refractivity contribution in [2.24, 2.45) is 5.92 Å². The number of hydrogen-bond donors (Lipinski definition) is 3. The Labute approximate surface area is 136 Å². The highest BCUT2D eigenvalue weighted by atomic mass is 32.1. The molecule has 0 saturated carbocycles. The van der Waals surface area contributed by atoms with Crippen LogP contribution in [0.2, 0.25) is 0 Å². The van der Waals surface area contributed by atoms with Gasteiger partial charge < -0.3 is 16.0 Å². The number of hydrogen-bond acceptors (Lipinski definition) is 3. The zero-order valence-corrected chi connectivity index (χ0v) is 14.2. The number of nitrogens with one attached hydrogen (secondary N) is 3. The fraction of sp³-hybridized carbons (Fsp3) is 0.438. The topological polar surface area (TPSA) is 70.2 Å². The third kappa shape index (κ3) is 5.44. The molecular weight excluding hydrogens is 298 g/mol. The van der Waals surface area contributed by atoms with E-state index in [1.807, 2.05) is 13.8 Å². The second-order valence-electron chi connectivity index (χ2n) is 5.43. The summed E-state index contributed by atoms with van der Waals surface area (Å²) in [5.41, 5.74) is 1.06. The van der Waals surface area contributed by atoms with Gasteiger partial charge in [-0.25, -0.2) is 0 Å². The van der Waals surface area contributed by atoms with Crippen molar-refractivity contribution in [2.75, 3.05) is 5.32 Å². The van der Waals surface area contributed by atoms with Crippen LogP contribution in [0.5, 0.6) is 0 Å². The van der Waals surface area contributed by atoms with Crippen LogP contribution in [-0.4, -0.2) is 23.0 Å². The van der Waals surface area contributed by atoms with Crippen LogP contribution in [0.15, 0.2) is 24.3 Å². The van der Waals surface area contributed by atoms with E-state index in [4.69, 9.17) is 12.2 Å². The number of thiocarbonyl (C=S) groups is 1. The molecule has 0 spiro atoms. The van der Waals surface area contributed by atoms with Crippen LogP contribution in [0.3, 0.4) is 0 Å². The predicted octanol–water partition coefficient (Wildman–Crippen LogP) is 2.68. The minimum absolute atomic E-state index is 0.0909. The Morgan fingerprint density at radius 3 is 2.41 bits per heavy atom. The number of para-hydroxylation sites is 1. The Morgan fingerprint density at radius 1 is 1.18 bits per heavy atom. The summed E-state index contributed by atoms with van der Waals surface area (Å²) in [5, 5.41) is 8.59. The molecule has 0 bridgehead atoms. The maximum atomic E-state index is 12.3. The fourth-order valence-corrected chi connectivity index (χ4v) is 1.81. The van der Waals surface area contributed by atoms with Crippen LogP contribution in [0, 0.1) is 5.92 Å². The average molecular weight is 321 g/mol. The molecule has 2 amide bonds. The number of rotatable bonds is 5. The molecule has 0 saturated heterocycles. The van der Waals surface area contributed by atoms with E-state index in [-0.39, 0.29) is 28.9 Å². The first-order valence-electron chi connectivity index (χ1n) is 7.36. The minimum Gasteiger partial charge on any atom is -0.350 e. The molecule has 1 rings (SSSR count). The molecule has 0 heterocycles. The van der Waals surface area contributed by atoms with E-state index in [1.54, 1.807) is 38.1 Å². The van der Waals surface area contributed by atoms with Gasteiger partial charge in [-0.3, -0.25) is 9.59 Å². The summed E-state index contributed by atoms with van der Waals surface area (Å²) in [7, 11) is 0. The van der Waals surface area contributed by atoms with Crippen LogP contribution in [0.25, 0.3) is 0 Å². The number of benzene rings is 1. The van der Waals surface area contributed by atoms with Crippen molar-refractivity contribution >= 4 is 34.8 Å². The van der Waals surface area contributed by atoms with Gasteiger partial charge in [-0.05, 0) is 37.7 Å². The van der Waals surface area contributed by atoms with Crippen molar-refractivity contribution in [3.05, 3.63) is 29.8 Å². The van der Waals surface area contributed by atoms with Gasteiger partial charge in [0.1, 0.15) is 0 Å². The van der Waals surface area contributed by atoms with E-state index in [0.29, 0.717) is 11.3 Å². The first-order valence-corrected chi connectivity index (χ1v) is 7.77. The molecule has 0 aliphatic rings. The van der Waals surface area contributed by atoms with Gasteiger partial charge in [0.05, 0.1) is 11.3 Å². The Hall–Kier alpha value is -1.95. The third-order valence-electron chi connectivity index (χ3n) is 3.17. The van der Waals surface area contributed by atoms with Gasteiger partial charge in [0.25, 0.3) is 5.91 Å². The van der Waals surface area contributed by atoms with Gasteiger partial charge in [-0.2, -0.15) is 0 Å². The fourth-order valence-electron chi connectivity index (χ4n) is 1.60. The van der Waals surface area contributed by atoms with Crippen LogP contribution < -0.4 is 16.0 Å². The summed E-state index contributed by atoms with van der Waals surface area (Å²) >= 11 is 5.11. The van der Waals surface area contributed by atoms with Crippen molar-refractivity contribution in [3.8, 4) is 0 Å². The maximum absolute atomic E-state index is 12.3. The van der Waals surface area contributed by atoms with Gasteiger partial charge in [-0.1, -0.05) is 32.9 Å². The third-order valence-corrected chi connectivity index (χ3v) is 3.37. The van der Waals surface area contributed by atoms with Crippen molar-refractivity contribution in [3.63, 3.8) is 0 Å². The highest BCUT2D eigenvalue weighted by molar-refractivity contribution is 7.80. The van der Waals surface area contributed by atoms with Gasteiger partial charge in [0, 0.05) is 12.0 Å². The van der Waals surface area contributed by atoms with Gasteiger partial charge >= 0.3 is 0 Å². The second kappa shape index (κ2) is 8.48. The summed E-state index contributed by atoms with van der Waals surface area (Å²) in [6.45, 7) is 7.52. The lowest BCUT2D eigenvalue weighted by Gasteiger charge is -2.16. The molecule has 120 valence electrons. The highest BCUT2D eigenvalue weighted by Crippen LogP contribution is 2.15. The average Bonchev–Trinajstić information content (AvgIpc) is 2.47. The summed E-state index contributed by atoms with van der Waals surface area (Å²) in [4.78, 5) is 23.9. The van der Waals surface area contributed by atoms with E-state index in [2.05, 4.69) is 16.0 Å². The van der Waals surface area contributed by atoms with E-state index < -0.39 is 0 Å². The Kier molecular flexibility index (Phi) is 6.98. The van der Waals surface area contributed by atoms with Gasteiger partial charge in [0.15, 0.2) is 5.11 Å². The Bertz CT molecular complexity index is 558. The van der Waals surface area contributed by atoms with Crippen molar-refractivity contribution in [2.45, 2.75) is 40.2 Å². The summed E-state index contributed by atoms with van der Waals surface area (Å²) in [5.74, 6) is -0.502. The molecule has 22 heavy (non-hydrogen) atoms. The van der Waals surface area contributed by atoms with Crippen molar-refractivity contribution < 1.29 is 9.59 Å². The molecule has 3 N–H and O–H groups in total. The predicted molar refractivity (Wildman–Crippen MR) is 92.9 cm³/mol. The first-order chi connectivity index (χ1) is 10.3. The zero-order chi connectivity index (χ0) is 16.7. The molecule has 0 aliphatic carbocycles. The lowest BCUT2D eigenvalue weighted by molar-refractivity contribution is -0.122. The number of anilines is 1.